The van der Waals surface area contributed by atoms with E-state index < -0.39 is 17.5 Å². The first-order valence-electron chi connectivity index (χ1n) is 7.22. The number of hydrogen-bond donors (Lipinski definition) is 2. The number of halogens is 3. The Labute approximate surface area is 137 Å². The van der Waals surface area contributed by atoms with Gasteiger partial charge in [0.1, 0.15) is 6.61 Å². The second-order valence-corrected chi connectivity index (χ2v) is 5.19. The van der Waals surface area contributed by atoms with Gasteiger partial charge in [-0.2, -0.15) is 0 Å². The zero-order valence-electron chi connectivity index (χ0n) is 13.2. The summed E-state index contributed by atoms with van der Waals surface area (Å²) in [5.41, 5.74) is 2.11. The molecule has 4 nitrogen and oxygen atoms in total. The number of anilines is 2. The Morgan fingerprint density at radius 1 is 1.17 bits per heavy atom. The van der Waals surface area contributed by atoms with E-state index in [2.05, 4.69) is 10.5 Å². The lowest BCUT2D eigenvalue weighted by molar-refractivity contribution is 0.0997. The van der Waals surface area contributed by atoms with E-state index in [4.69, 9.17) is 9.94 Å². The van der Waals surface area contributed by atoms with Crippen LogP contribution in [0.2, 0.25) is 0 Å². The molecular weight excluding hydrogens is 321 g/mol. The zero-order valence-corrected chi connectivity index (χ0v) is 13.2. The van der Waals surface area contributed by atoms with Gasteiger partial charge in [0.25, 0.3) is 0 Å². The van der Waals surface area contributed by atoms with Gasteiger partial charge in [-0.15, -0.1) is 0 Å². The Bertz CT molecular complexity index is 764. The van der Waals surface area contributed by atoms with Crippen LogP contribution in [0.4, 0.5) is 24.5 Å². The van der Waals surface area contributed by atoms with Gasteiger partial charge in [0.15, 0.2) is 17.5 Å². The summed E-state index contributed by atoms with van der Waals surface area (Å²) < 4.78 is 41.2. The van der Waals surface area contributed by atoms with Crippen molar-refractivity contribution in [3.8, 4) is 0 Å². The van der Waals surface area contributed by atoms with Crippen LogP contribution in [0.1, 0.15) is 16.7 Å². The summed E-state index contributed by atoms with van der Waals surface area (Å²) in [5.74, 6) is -4.25. The van der Waals surface area contributed by atoms with Crippen molar-refractivity contribution in [2.45, 2.75) is 13.8 Å². The molecule has 0 aliphatic rings. The molecule has 0 heterocycles. The molecule has 0 bridgehead atoms. The molecular formula is C17H17F3N2O2. The van der Waals surface area contributed by atoms with E-state index in [1.165, 1.54) is 0 Å². The average Bonchev–Trinajstić information content (AvgIpc) is 2.54. The van der Waals surface area contributed by atoms with Crippen LogP contribution in [0.3, 0.4) is 0 Å². The van der Waals surface area contributed by atoms with Gasteiger partial charge < -0.3 is 15.3 Å². The minimum atomic E-state index is -1.57. The van der Waals surface area contributed by atoms with Gasteiger partial charge in [-0.05, 0) is 31.5 Å². The Morgan fingerprint density at radius 2 is 1.92 bits per heavy atom. The number of nitrogens with zero attached hydrogens (tertiary/aromatic N) is 1. The summed E-state index contributed by atoms with van der Waals surface area (Å²) in [6.07, 6.45) is 1.05. The molecule has 0 aromatic heterocycles. The van der Waals surface area contributed by atoms with Crippen LogP contribution in [0.25, 0.3) is 0 Å². The summed E-state index contributed by atoms with van der Waals surface area (Å²) in [4.78, 5) is 4.69. The molecule has 2 N–H and O–H groups in total. The molecule has 2 aromatic carbocycles. The van der Waals surface area contributed by atoms with E-state index >= 15 is 0 Å². The standard InChI is InChI=1S/C17H17F3N2O2/c1-10-3-4-14(11(2)7-10)22-17-12(9-21-24-6-5-23)8-13(18)15(19)16(17)20/h3-4,7-9,22-23H,5-6H2,1-2H3. The van der Waals surface area contributed by atoms with Crippen molar-refractivity contribution in [2.75, 3.05) is 18.5 Å². The monoisotopic (exact) mass is 338 g/mol. The number of aliphatic hydroxyl groups is 1. The highest BCUT2D eigenvalue weighted by Gasteiger charge is 2.18. The first kappa shape index (κ1) is 17.8. The molecule has 0 radical (unpaired) electrons. The fourth-order valence-corrected chi connectivity index (χ4v) is 2.12. The van der Waals surface area contributed by atoms with Crippen LogP contribution < -0.4 is 5.32 Å². The highest BCUT2D eigenvalue weighted by atomic mass is 19.2. The first-order valence-corrected chi connectivity index (χ1v) is 7.22. The summed E-state index contributed by atoms with van der Waals surface area (Å²) in [5, 5.41) is 14.9. The molecule has 0 spiro atoms. The molecule has 7 heteroatoms. The molecule has 0 saturated heterocycles. The van der Waals surface area contributed by atoms with Gasteiger partial charge in [0.05, 0.1) is 18.5 Å². The predicted molar refractivity (Wildman–Crippen MR) is 86.1 cm³/mol. The molecule has 0 saturated carbocycles. The quantitative estimate of drug-likeness (QED) is 0.364. The largest absolute Gasteiger partial charge is 0.393 e. The molecule has 0 aliphatic heterocycles. The van der Waals surface area contributed by atoms with Crippen molar-refractivity contribution >= 4 is 17.6 Å². The Hall–Kier alpha value is -2.54. The maximum absolute atomic E-state index is 14.2. The van der Waals surface area contributed by atoms with Crippen LogP contribution in [0.15, 0.2) is 29.4 Å². The molecule has 2 rings (SSSR count). The summed E-state index contributed by atoms with van der Waals surface area (Å²) in [6, 6.07) is 6.22. The molecule has 0 amide bonds. The smallest absolute Gasteiger partial charge is 0.196 e. The van der Waals surface area contributed by atoms with Gasteiger partial charge in [0.2, 0.25) is 0 Å². The second kappa shape index (κ2) is 7.83. The van der Waals surface area contributed by atoms with Gasteiger partial charge in [-0.3, -0.25) is 0 Å². The molecule has 0 aliphatic carbocycles. The Kier molecular flexibility index (Phi) is 5.81. The third-order valence-corrected chi connectivity index (χ3v) is 3.28. The van der Waals surface area contributed by atoms with E-state index in [0.717, 1.165) is 23.4 Å². The van der Waals surface area contributed by atoms with Crippen molar-refractivity contribution in [3.63, 3.8) is 0 Å². The number of hydrogen-bond acceptors (Lipinski definition) is 4. The van der Waals surface area contributed by atoms with Crippen LogP contribution >= 0.6 is 0 Å². The number of rotatable bonds is 6. The van der Waals surface area contributed by atoms with E-state index in [1.807, 2.05) is 26.0 Å². The summed E-state index contributed by atoms with van der Waals surface area (Å²) in [6.45, 7) is 3.40. The Morgan fingerprint density at radius 3 is 2.58 bits per heavy atom. The average molecular weight is 338 g/mol. The molecule has 128 valence electrons. The minimum Gasteiger partial charge on any atom is -0.393 e. The lowest BCUT2D eigenvalue weighted by Crippen LogP contribution is -2.05. The van der Waals surface area contributed by atoms with E-state index in [0.29, 0.717) is 5.69 Å². The highest BCUT2D eigenvalue weighted by Crippen LogP contribution is 2.29. The molecule has 0 atom stereocenters. The van der Waals surface area contributed by atoms with Gasteiger partial charge in [-0.1, -0.05) is 22.9 Å². The van der Waals surface area contributed by atoms with Gasteiger partial charge in [0, 0.05) is 11.3 Å². The van der Waals surface area contributed by atoms with Gasteiger partial charge in [-0.25, -0.2) is 13.2 Å². The third-order valence-electron chi connectivity index (χ3n) is 3.28. The number of aliphatic hydroxyl groups excluding tert-OH is 1. The van der Waals surface area contributed by atoms with Crippen LogP contribution in [-0.4, -0.2) is 24.5 Å². The van der Waals surface area contributed by atoms with Gasteiger partial charge >= 0.3 is 0 Å². The van der Waals surface area contributed by atoms with Crippen molar-refractivity contribution in [3.05, 3.63) is 58.4 Å². The van der Waals surface area contributed by atoms with Crippen molar-refractivity contribution in [1.29, 1.82) is 0 Å². The van der Waals surface area contributed by atoms with Crippen LogP contribution in [0, 0.1) is 31.3 Å². The number of benzene rings is 2. The lowest BCUT2D eigenvalue weighted by Gasteiger charge is -2.14. The molecule has 24 heavy (non-hydrogen) atoms. The van der Waals surface area contributed by atoms with E-state index in [-0.39, 0.29) is 24.5 Å². The minimum absolute atomic E-state index is 0.0238. The SMILES string of the molecule is Cc1ccc(Nc2c(C=NOCCO)cc(F)c(F)c2F)c(C)c1. The maximum atomic E-state index is 14.2. The fourth-order valence-electron chi connectivity index (χ4n) is 2.12. The van der Waals surface area contributed by atoms with E-state index in [9.17, 15) is 13.2 Å². The summed E-state index contributed by atoms with van der Waals surface area (Å²) in [7, 11) is 0. The third kappa shape index (κ3) is 4.05. The normalized spacial score (nSPS) is 11.1. The zero-order chi connectivity index (χ0) is 17.7. The topological polar surface area (TPSA) is 53.9 Å². The van der Waals surface area contributed by atoms with E-state index in [1.54, 1.807) is 6.07 Å². The van der Waals surface area contributed by atoms with Crippen molar-refractivity contribution < 1.29 is 23.1 Å². The number of aryl methyl sites for hydroxylation is 2. The predicted octanol–water partition coefficient (Wildman–Crippen LogP) is 3.81. The number of oxime groups is 1. The van der Waals surface area contributed by atoms with Crippen molar-refractivity contribution in [1.82, 2.24) is 0 Å². The molecule has 0 unspecified atom stereocenters. The number of nitrogens with one attached hydrogen (secondary N) is 1. The highest BCUT2D eigenvalue weighted by molar-refractivity contribution is 5.89. The maximum Gasteiger partial charge on any atom is 0.196 e. The van der Waals surface area contributed by atoms with Crippen molar-refractivity contribution in [2.24, 2.45) is 5.16 Å². The first-order chi connectivity index (χ1) is 11.4. The molecule has 2 aromatic rings. The Balaban J connectivity index is 2.42. The fraction of sp³-hybridized carbons (Fsp3) is 0.235. The lowest BCUT2D eigenvalue weighted by atomic mass is 10.1. The van der Waals surface area contributed by atoms with Crippen LogP contribution in [-0.2, 0) is 4.84 Å². The summed E-state index contributed by atoms with van der Waals surface area (Å²) >= 11 is 0. The second-order valence-electron chi connectivity index (χ2n) is 5.19. The van der Waals surface area contributed by atoms with Crippen LogP contribution in [0.5, 0.6) is 0 Å². The molecule has 0 fully saturated rings.